The quantitative estimate of drug-likeness (QED) is 0.726. The van der Waals surface area contributed by atoms with Gasteiger partial charge in [-0.3, -0.25) is 0 Å². The highest BCUT2D eigenvalue weighted by molar-refractivity contribution is 7.89. The Kier molecular flexibility index (Phi) is 6.10. The van der Waals surface area contributed by atoms with E-state index in [2.05, 4.69) is 6.92 Å². The number of halogens is 1. The molecule has 0 saturated heterocycles. The number of rotatable bonds is 7. The molecule has 0 amide bonds. The Morgan fingerprint density at radius 3 is 2.32 bits per heavy atom. The Bertz CT molecular complexity index is 497. The molecule has 0 heterocycles. The summed E-state index contributed by atoms with van der Waals surface area (Å²) in [5, 5.41) is 0. The molecule has 0 aromatic heterocycles. The van der Waals surface area contributed by atoms with E-state index < -0.39 is 10.0 Å². The standard InChI is InChI=1S/C13H21ClN2O2S/c1-4-10-16(11-9-14)12-7-5-6-8-13(12)19(17,18)15(2)3/h5-8H,4,9-11H2,1-3H3. The van der Waals surface area contributed by atoms with Gasteiger partial charge >= 0.3 is 0 Å². The Hall–Kier alpha value is -0.780. The van der Waals surface area contributed by atoms with Crippen molar-refractivity contribution in [3.8, 4) is 0 Å². The van der Waals surface area contributed by atoms with Gasteiger partial charge in [-0.2, -0.15) is 0 Å². The average Bonchev–Trinajstić information content (AvgIpc) is 2.38. The Morgan fingerprint density at radius 1 is 1.16 bits per heavy atom. The molecule has 108 valence electrons. The molecule has 0 saturated carbocycles. The van der Waals surface area contributed by atoms with Crippen LogP contribution in [0.15, 0.2) is 29.2 Å². The molecular formula is C13H21ClN2O2S. The summed E-state index contributed by atoms with van der Waals surface area (Å²) in [6.07, 6.45) is 0.938. The maximum absolute atomic E-state index is 12.3. The van der Waals surface area contributed by atoms with Crippen molar-refractivity contribution in [2.75, 3.05) is 38.0 Å². The van der Waals surface area contributed by atoms with E-state index in [0.29, 0.717) is 17.3 Å². The van der Waals surface area contributed by atoms with Gasteiger partial charge in [0, 0.05) is 33.1 Å². The molecule has 0 N–H and O–H groups in total. The summed E-state index contributed by atoms with van der Waals surface area (Å²) in [5.74, 6) is 0.469. The lowest BCUT2D eigenvalue weighted by Crippen LogP contribution is -2.30. The first-order valence-corrected chi connectivity index (χ1v) is 8.25. The number of hydrogen-bond acceptors (Lipinski definition) is 3. The Morgan fingerprint density at radius 2 is 1.79 bits per heavy atom. The van der Waals surface area contributed by atoms with E-state index in [1.807, 2.05) is 17.0 Å². The van der Waals surface area contributed by atoms with Crippen LogP contribution in [0.4, 0.5) is 5.69 Å². The smallest absolute Gasteiger partial charge is 0.244 e. The second-order valence-electron chi connectivity index (χ2n) is 4.43. The molecule has 4 nitrogen and oxygen atoms in total. The second kappa shape index (κ2) is 7.12. The summed E-state index contributed by atoms with van der Waals surface area (Å²) in [5.41, 5.74) is 0.721. The summed E-state index contributed by atoms with van der Waals surface area (Å²) in [6.45, 7) is 3.48. The van der Waals surface area contributed by atoms with Gasteiger partial charge in [0.05, 0.1) is 5.69 Å². The normalized spacial score (nSPS) is 11.8. The number of benzene rings is 1. The lowest BCUT2D eigenvalue weighted by Gasteiger charge is -2.26. The number of hydrogen-bond donors (Lipinski definition) is 0. The van der Waals surface area contributed by atoms with Crippen LogP contribution in [0.5, 0.6) is 0 Å². The molecule has 0 aliphatic rings. The minimum absolute atomic E-state index is 0.332. The SMILES string of the molecule is CCCN(CCCl)c1ccccc1S(=O)(=O)N(C)C. The minimum atomic E-state index is -3.44. The molecule has 1 aromatic rings. The predicted molar refractivity (Wildman–Crippen MR) is 80.5 cm³/mol. The predicted octanol–water partition coefficient (Wildman–Crippen LogP) is 2.39. The van der Waals surface area contributed by atoms with Gasteiger partial charge < -0.3 is 4.90 Å². The van der Waals surface area contributed by atoms with Gasteiger partial charge in [-0.15, -0.1) is 11.6 Å². The van der Waals surface area contributed by atoms with Crippen LogP contribution >= 0.6 is 11.6 Å². The topological polar surface area (TPSA) is 40.6 Å². The average molecular weight is 305 g/mol. The fraction of sp³-hybridized carbons (Fsp3) is 0.538. The molecule has 1 rings (SSSR count). The van der Waals surface area contributed by atoms with Crippen molar-refractivity contribution in [1.29, 1.82) is 0 Å². The molecule has 0 unspecified atom stereocenters. The molecule has 0 fully saturated rings. The molecule has 6 heteroatoms. The van der Waals surface area contributed by atoms with Crippen LogP contribution in [0.2, 0.25) is 0 Å². The van der Waals surface area contributed by atoms with Crippen LogP contribution in [-0.2, 0) is 10.0 Å². The molecule has 0 spiro atoms. The highest BCUT2D eigenvalue weighted by Gasteiger charge is 2.23. The first kappa shape index (κ1) is 16.3. The maximum Gasteiger partial charge on any atom is 0.244 e. The van der Waals surface area contributed by atoms with Crippen molar-refractivity contribution in [2.45, 2.75) is 18.2 Å². The molecule has 0 aliphatic heterocycles. The molecule has 1 aromatic carbocycles. The van der Waals surface area contributed by atoms with Crippen molar-refractivity contribution in [3.05, 3.63) is 24.3 Å². The van der Waals surface area contributed by atoms with Crippen LogP contribution in [-0.4, -0.2) is 45.8 Å². The second-order valence-corrected chi connectivity index (χ2v) is 6.93. The zero-order chi connectivity index (χ0) is 14.5. The monoisotopic (exact) mass is 304 g/mol. The van der Waals surface area contributed by atoms with Gasteiger partial charge in [0.2, 0.25) is 10.0 Å². The Labute approximate surface area is 121 Å². The van der Waals surface area contributed by atoms with E-state index in [-0.39, 0.29) is 0 Å². The third-order valence-electron chi connectivity index (χ3n) is 2.81. The van der Waals surface area contributed by atoms with Crippen molar-refractivity contribution < 1.29 is 8.42 Å². The fourth-order valence-electron chi connectivity index (χ4n) is 1.86. The highest BCUT2D eigenvalue weighted by Crippen LogP contribution is 2.27. The number of anilines is 1. The fourth-order valence-corrected chi connectivity index (χ4v) is 3.17. The number of alkyl halides is 1. The molecule has 0 aliphatic carbocycles. The van der Waals surface area contributed by atoms with Gasteiger partial charge in [0.25, 0.3) is 0 Å². The van der Waals surface area contributed by atoms with Crippen molar-refractivity contribution in [2.24, 2.45) is 0 Å². The van der Waals surface area contributed by atoms with Crippen LogP contribution in [0.3, 0.4) is 0 Å². The lowest BCUT2D eigenvalue weighted by molar-refractivity contribution is 0.520. The molecular weight excluding hydrogens is 284 g/mol. The summed E-state index contributed by atoms with van der Waals surface area (Å²) in [4.78, 5) is 2.35. The summed E-state index contributed by atoms with van der Waals surface area (Å²) in [6, 6.07) is 7.06. The first-order chi connectivity index (χ1) is 8.95. The third kappa shape index (κ3) is 3.84. The van der Waals surface area contributed by atoms with E-state index in [1.165, 1.54) is 18.4 Å². The lowest BCUT2D eigenvalue weighted by atomic mass is 10.2. The maximum atomic E-state index is 12.3. The van der Waals surface area contributed by atoms with E-state index >= 15 is 0 Å². The molecule has 0 atom stereocenters. The summed E-state index contributed by atoms with van der Waals surface area (Å²) < 4.78 is 25.9. The largest absolute Gasteiger partial charge is 0.369 e. The van der Waals surface area contributed by atoms with Gasteiger partial charge in [0.1, 0.15) is 4.90 Å². The van der Waals surface area contributed by atoms with E-state index in [4.69, 9.17) is 11.6 Å². The highest BCUT2D eigenvalue weighted by atomic mass is 35.5. The van der Waals surface area contributed by atoms with Crippen LogP contribution in [0, 0.1) is 0 Å². The number of nitrogens with zero attached hydrogens (tertiary/aromatic N) is 2. The Balaban J connectivity index is 3.28. The third-order valence-corrected chi connectivity index (χ3v) is 4.84. The summed E-state index contributed by atoms with van der Waals surface area (Å²) >= 11 is 5.81. The van der Waals surface area contributed by atoms with Crippen LogP contribution < -0.4 is 4.90 Å². The summed E-state index contributed by atoms with van der Waals surface area (Å²) in [7, 11) is -0.362. The van der Waals surface area contributed by atoms with Crippen molar-refractivity contribution in [3.63, 3.8) is 0 Å². The van der Waals surface area contributed by atoms with Crippen molar-refractivity contribution >= 4 is 27.3 Å². The van der Waals surface area contributed by atoms with Crippen molar-refractivity contribution in [1.82, 2.24) is 4.31 Å². The molecule has 0 radical (unpaired) electrons. The number of para-hydroxylation sites is 1. The van der Waals surface area contributed by atoms with E-state index in [9.17, 15) is 8.42 Å². The van der Waals surface area contributed by atoms with Gasteiger partial charge in [-0.25, -0.2) is 12.7 Å². The van der Waals surface area contributed by atoms with Gasteiger partial charge in [0.15, 0.2) is 0 Å². The van der Waals surface area contributed by atoms with E-state index in [1.54, 1.807) is 12.1 Å². The molecule has 19 heavy (non-hydrogen) atoms. The minimum Gasteiger partial charge on any atom is -0.369 e. The first-order valence-electron chi connectivity index (χ1n) is 6.27. The van der Waals surface area contributed by atoms with Crippen LogP contribution in [0.1, 0.15) is 13.3 Å². The van der Waals surface area contributed by atoms with Gasteiger partial charge in [-0.05, 0) is 18.6 Å². The molecule has 0 bridgehead atoms. The zero-order valence-corrected chi connectivity index (χ0v) is 13.2. The number of sulfonamides is 1. The van der Waals surface area contributed by atoms with Gasteiger partial charge in [-0.1, -0.05) is 19.1 Å². The van der Waals surface area contributed by atoms with E-state index in [0.717, 1.165) is 18.7 Å². The zero-order valence-electron chi connectivity index (χ0n) is 11.6. The van der Waals surface area contributed by atoms with Crippen LogP contribution in [0.25, 0.3) is 0 Å².